The van der Waals surface area contributed by atoms with Gasteiger partial charge in [-0.2, -0.15) is 0 Å². The van der Waals surface area contributed by atoms with Gasteiger partial charge in [-0.3, -0.25) is 0 Å². The standard InChI is InChI=1S/C52H35N3O/c1-4-16-37(17-5-1)53(42-28-31-46-45-25-12-13-26-49(45)55(50(46)34-42)39-20-8-3-9-21-39)40-22-14-23-41(33-40)54(38-18-6-2-7-19-38)43-29-32-47-48-30-27-36-15-10-11-24-44(36)52(48)56-51(47)35-43/h1-35H. The van der Waals surface area contributed by atoms with Gasteiger partial charge in [0.2, 0.25) is 0 Å². The highest BCUT2D eigenvalue weighted by molar-refractivity contribution is 6.15. The Morgan fingerprint density at radius 3 is 1.55 bits per heavy atom. The zero-order chi connectivity index (χ0) is 37.0. The van der Waals surface area contributed by atoms with Crippen molar-refractivity contribution in [3.63, 3.8) is 0 Å². The SMILES string of the molecule is c1ccc(N(c2cccc(N(c3ccccc3)c3ccc4c5ccccc5n(-c5ccccc5)c4c3)c2)c2ccc3c(c2)oc2c4ccccc4ccc32)cc1. The van der Waals surface area contributed by atoms with Gasteiger partial charge in [-0.15, -0.1) is 0 Å². The predicted octanol–water partition coefficient (Wildman–Crippen LogP) is 14.8. The molecule has 11 rings (SSSR count). The summed E-state index contributed by atoms with van der Waals surface area (Å²) < 4.78 is 9.04. The van der Waals surface area contributed by atoms with Crippen LogP contribution in [0.4, 0.5) is 34.1 Å². The van der Waals surface area contributed by atoms with Gasteiger partial charge in [-0.05, 0) is 96.4 Å². The third kappa shape index (κ3) is 5.23. The van der Waals surface area contributed by atoms with E-state index >= 15 is 0 Å². The molecule has 0 fully saturated rings. The molecule has 0 bridgehead atoms. The Bertz CT molecular complexity index is 3200. The third-order valence-electron chi connectivity index (χ3n) is 10.9. The van der Waals surface area contributed by atoms with E-state index in [1.807, 2.05) is 0 Å². The molecule has 0 amide bonds. The molecule has 264 valence electrons. The lowest BCUT2D eigenvalue weighted by molar-refractivity contribution is 0.672. The zero-order valence-corrected chi connectivity index (χ0v) is 30.5. The molecular weight excluding hydrogens is 683 g/mol. The van der Waals surface area contributed by atoms with E-state index in [-0.39, 0.29) is 0 Å². The summed E-state index contributed by atoms with van der Waals surface area (Å²) in [6.45, 7) is 0. The Kier molecular flexibility index (Phi) is 7.46. The molecule has 56 heavy (non-hydrogen) atoms. The largest absolute Gasteiger partial charge is 0.455 e. The summed E-state index contributed by atoms with van der Waals surface area (Å²) in [5, 5.41) is 6.98. The minimum atomic E-state index is 0.860. The van der Waals surface area contributed by atoms with Crippen molar-refractivity contribution in [1.82, 2.24) is 4.57 Å². The lowest BCUT2D eigenvalue weighted by Crippen LogP contribution is -2.13. The number of furan rings is 1. The molecule has 0 spiro atoms. The Hall–Kier alpha value is -7.56. The van der Waals surface area contributed by atoms with Crippen LogP contribution >= 0.6 is 0 Å². The van der Waals surface area contributed by atoms with E-state index in [0.29, 0.717) is 0 Å². The van der Waals surface area contributed by atoms with Crippen LogP contribution in [-0.2, 0) is 0 Å². The number of aromatic nitrogens is 1. The van der Waals surface area contributed by atoms with Gasteiger partial charge >= 0.3 is 0 Å². The second kappa shape index (κ2) is 13.1. The highest BCUT2D eigenvalue weighted by atomic mass is 16.3. The van der Waals surface area contributed by atoms with Crippen molar-refractivity contribution in [3.8, 4) is 5.69 Å². The molecule has 11 aromatic rings. The first-order valence-electron chi connectivity index (χ1n) is 19.0. The lowest BCUT2D eigenvalue weighted by atomic mass is 10.1. The van der Waals surface area contributed by atoms with Crippen LogP contribution in [0.2, 0.25) is 0 Å². The van der Waals surface area contributed by atoms with Gasteiger partial charge in [-0.1, -0.05) is 115 Å². The van der Waals surface area contributed by atoms with E-state index in [2.05, 4.69) is 227 Å². The molecule has 0 radical (unpaired) electrons. The maximum atomic E-state index is 6.67. The minimum Gasteiger partial charge on any atom is -0.455 e. The van der Waals surface area contributed by atoms with Gasteiger partial charge in [0.15, 0.2) is 0 Å². The number of hydrogen-bond acceptors (Lipinski definition) is 3. The van der Waals surface area contributed by atoms with Gasteiger partial charge in [0.25, 0.3) is 0 Å². The quantitative estimate of drug-likeness (QED) is 0.164. The average Bonchev–Trinajstić information content (AvgIpc) is 3.81. The molecule has 9 aromatic carbocycles. The smallest absolute Gasteiger partial charge is 0.143 e. The molecule has 0 aliphatic rings. The van der Waals surface area contributed by atoms with Crippen LogP contribution in [0.15, 0.2) is 217 Å². The Morgan fingerprint density at radius 2 is 0.839 bits per heavy atom. The second-order valence-electron chi connectivity index (χ2n) is 14.2. The van der Waals surface area contributed by atoms with Crippen LogP contribution in [0.1, 0.15) is 0 Å². The molecular formula is C52H35N3O. The summed E-state index contributed by atoms with van der Waals surface area (Å²) in [5.41, 5.74) is 11.6. The van der Waals surface area contributed by atoms with E-state index in [9.17, 15) is 0 Å². The summed E-state index contributed by atoms with van der Waals surface area (Å²) in [7, 11) is 0. The van der Waals surface area contributed by atoms with E-state index < -0.39 is 0 Å². The lowest BCUT2D eigenvalue weighted by Gasteiger charge is -2.29. The highest BCUT2D eigenvalue weighted by Gasteiger charge is 2.21. The monoisotopic (exact) mass is 717 g/mol. The number of anilines is 6. The average molecular weight is 718 g/mol. The summed E-state index contributed by atoms with van der Waals surface area (Å²) in [6, 6.07) is 75.6. The molecule has 4 heteroatoms. The van der Waals surface area contributed by atoms with Crippen LogP contribution in [-0.4, -0.2) is 4.57 Å². The van der Waals surface area contributed by atoms with Crippen molar-refractivity contribution < 1.29 is 4.42 Å². The summed E-state index contributed by atoms with van der Waals surface area (Å²) in [4.78, 5) is 4.67. The van der Waals surface area contributed by atoms with Crippen LogP contribution < -0.4 is 9.80 Å². The predicted molar refractivity (Wildman–Crippen MR) is 235 cm³/mol. The molecule has 0 aliphatic heterocycles. The number of hydrogen-bond donors (Lipinski definition) is 0. The maximum absolute atomic E-state index is 6.67. The Morgan fingerprint density at radius 1 is 0.321 bits per heavy atom. The summed E-state index contributed by atoms with van der Waals surface area (Å²) >= 11 is 0. The van der Waals surface area contributed by atoms with Crippen molar-refractivity contribution in [2.45, 2.75) is 0 Å². The van der Waals surface area contributed by atoms with Crippen molar-refractivity contribution in [2.75, 3.05) is 9.80 Å². The molecule has 0 atom stereocenters. The zero-order valence-electron chi connectivity index (χ0n) is 30.5. The molecule has 0 saturated heterocycles. The molecule has 2 aromatic heterocycles. The van der Waals surface area contributed by atoms with Crippen LogP contribution in [0.3, 0.4) is 0 Å². The van der Waals surface area contributed by atoms with Gasteiger partial charge in [-0.25, -0.2) is 0 Å². The number of benzene rings is 9. The van der Waals surface area contributed by atoms with Gasteiger partial charge in [0.1, 0.15) is 11.2 Å². The number of rotatable bonds is 7. The molecule has 0 saturated carbocycles. The van der Waals surface area contributed by atoms with E-state index in [4.69, 9.17) is 4.42 Å². The molecule has 0 aliphatic carbocycles. The Balaban J connectivity index is 1.09. The van der Waals surface area contributed by atoms with Crippen LogP contribution in [0.5, 0.6) is 0 Å². The number of nitrogens with zero attached hydrogens (tertiary/aromatic N) is 3. The van der Waals surface area contributed by atoms with Crippen LogP contribution in [0, 0.1) is 0 Å². The van der Waals surface area contributed by atoms with Gasteiger partial charge in [0.05, 0.1) is 11.0 Å². The molecule has 2 heterocycles. The molecule has 4 nitrogen and oxygen atoms in total. The van der Waals surface area contributed by atoms with E-state index in [1.54, 1.807) is 0 Å². The summed E-state index contributed by atoms with van der Waals surface area (Å²) in [6.07, 6.45) is 0. The maximum Gasteiger partial charge on any atom is 0.143 e. The fraction of sp³-hybridized carbons (Fsp3) is 0. The van der Waals surface area contributed by atoms with E-state index in [0.717, 1.165) is 72.7 Å². The fourth-order valence-electron chi connectivity index (χ4n) is 8.41. The minimum absolute atomic E-state index is 0.860. The number of para-hydroxylation sites is 4. The van der Waals surface area contributed by atoms with Crippen molar-refractivity contribution in [2.24, 2.45) is 0 Å². The first-order chi connectivity index (χ1) is 27.8. The van der Waals surface area contributed by atoms with E-state index in [1.165, 1.54) is 21.7 Å². The first kappa shape index (κ1) is 31.9. The van der Waals surface area contributed by atoms with Gasteiger partial charge in [0, 0.05) is 72.8 Å². The van der Waals surface area contributed by atoms with Crippen molar-refractivity contribution in [3.05, 3.63) is 212 Å². The van der Waals surface area contributed by atoms with Crippen LogP contribution in [0.25, 0.3) is 60.2 Å². The second-order valence-corrected chi connectivity index (χ2v) is 14.2. The topological polar surface area (TPSA) is 24.6 Å². The molecule has 0 N–H and O–H groups in total. The van der Waals surface area contributed by atoms with Crippen molar-refractivity contribution >= 4 is 88.6 Å². The fourth-order valence-corrected chi connectivity index (χ4v) is 8.41. The third-order valence-corrected chi connectivity index (χ3v) is 10.9. The highest BCUT2D eigenvalue weighted by Crippen LogP contribution is 2.44. The van der Waals surface area contributed by atoms with Gasteiger partial charge < -0.3 is 18.8 Å². The number of fused-ring (bicyclic) bond motifs is 8. The molecule has 0 unspecified atom stereocenters. The Labute approximate surface area is 324 Å². The normalized spacial score (nSPS) is 11.6. The first-order valence-corrected chi connectivity index (χ1v) is 19.0. The summed E-state index contributed by atoms with van der Waals surface area (Å²) in [5.74, 6) is 0. The van der Waals surface area contributed by atoms with Crippen molar-refractivity contribution in [1.29, 1.82) is 0 Å².